The number of halogens is 1. The number of amides is 3. The summed E-state index contributed by atoms with van der Waals surface area (Å²) in [6, 6.07) is 15.0. The summed E-state index contributed by atoms with van der Waals surface area (Å²) in [5, 5.41) is 7.98. The van der Waals surface area contributed by atoms with Gasteiger partial charge in [-0.1, -0.05) is 35.9 Å². The Balaban J connectivity index is 1.71. The van der Waals surface area contributed by atoms with Gasteiger partial charge in [0.15, 0.2) is 0 Å². The van der Waals surface area contributed by atoms with Gasteiger partial charge in [0.2, 0.25) is 5.91 Å². The summed E-state index contributed by atoms with van der Waals surface area (Å²) < 4.78 is 1.03. The van der Waals surface area contributed by atoms with Gasteiger partial charge in [-0.2, -0.15) is 0 Å². The van der Waals surface area contributed by atoms with Gasteiger partial charge in [-0.3, -0.25) is 4.79 Å². The van der Waals surface area contributed by atoms with Crippen LogP contribution >= 0.6 is 22.6 Å². The molecular formula is C17H18IN3O2. The first-order chi connectivity index (χ1) is 11.0. The maximum atomic E-state index is 11.8. The van der Waals surface area contributed by atoms with Gasteiger partial charge in [0.25, 0.3) is 0 Å². The number of benzene rings is 2. The Labute approximate surface area is 149 Å². The Hall–Kier alpha value is -2.09. The summed E-state index contributed by atoms with van der Waals surface area (Å²) in [5.41, 5.74) is 2.89. The lowest BCUT2D eigenvalue weighted by Crippen LogP contribution is -2.39. The van der Waals surface area contributed by atoms with E-state index in [1.807, 2.05) is 49.4 Å². The zero-order valence-corrected chi connectivity index (χ0v) is 14.9. The van der Waals surface area contributed by atoms with Gasteiger partial charge in [0.05, 0.1) is 6.54 Å². The maximum absolute atomic E-state index is 11.8. The number of anilines is 1. The first kappa shape index (κ1) is 17.3. The Morgan fingerprint density at radius 3 is 2.48 bits per heavy atom. The number of nitrogens with one attached hydrogen (secondary N) is 3. The van der Waals surface area contributed by atoms with Gasteiger partial charge in [0.1, 0.15) is 0 Å². The van der Waals surface area contributed by atoms with Crippen molar-refractivity contribution in [3.8, 4) is 0 Å². The van der Waals surface area contributed by atoms with Crippen molar-refractivity contribution in [2.24, 2.45) is 0 Å². The molecule has 2 rings (SSSR count). The Kier molecular flexibility index (Phi) is 6.40. The Morgan fingerprint density at radius 2 is 1.78 bits per heavy atom. The predicted octanol–water partition coefficient (Wildman–Crippen LogP) is 3.04. The van der Waals surface area contributed by atoms with E-state index < -0.39 is 0 Å². The van der Waals surface area contributed by atoms with Crippen LogP contribution < -0.4 is 16.0 Å². The second kappa shape index (κ2) is 8.52. The third kappa shape index (κ3) is 6.27. The summed E-state index contributed by atoms with van der Waals surface area (Å²) in [6.07, 6.45) is 0. The summed E-state index contributed by atoms with van der Waals surface area (Å²) in [5.74, 6) is -0.266. The fourth-order valence-electron chi connectivity index (χ4n) is 1.88. The molecule has 3 N–H and O–H groups in total. The predicted molar refractivity (Wildman–Crippen MR) is 99.2 cm³/mol. The summed E-state index contributed by atoms with van der Waals surface area (Å²) in [4.78, 5) is 23.5. The normalized spacial score (nSPS) is 10.0. The van der Waals surface area contributed by atoms with Gasteiger partial charge in [-0.25, -0.2) is 4.79 Å². The molecule has 0 aromatic heterocycles. The molecule has 0 atom stereocenters. The van der Waals surface area contributed by atoms with Crippen molar-refractivity contribution < 1.29 is 9.59 Å². The first-order valence-electron chi connectivity index (χ1n) is 7.15. The van der Waals surface area contributed by atoms with Crippen LogP contribution in [-0.2, 0) is 11.3 Å². The monoisotopic (exact) mass is 423 g/mol. The minimum atomic E-state index is -0.372. The fraction of sp³-hybridized carbons (Fsp3) is 0.176. The number of carbonyl (C=O) groups excluding carboxylic acids is 2. The third-order valence-electron chi connectivity index (χ3n) is 3.09. The van der Waals surface area contributed by atoms with Crippen molar-refractivity contribution in [3.63, 3.8) is 0 Å². The average Bonchev–Trinajstić information content (AvgIpc) is 2.52. The lowest BCUT2D eigenvalue weighted by atomic mass is 10.1. The summed E-state index contributed by atoms with van der Waals surface area (Å²) in [6.45, 7) is 2.35. The highest BCUT2D eigenvalue weighted by atomic mass is 127. The molecule has 0 unspecified atom stereocenters. The largest absolute Gasteiger partial charge is 0.334 e. The van der Waals surface area contributed by atoms with Crippen LogP contribution in [0.15, 0.2) is 48.5 Å². The van der Waals surface area contributed by atoms with Crippen molar-refractivity contribution >= 4 is 40.2 Å². The number of carbonyl (C=O) groups is 2. The molecule has 2 aromatic carbocycles. The molecule has 6 heteroatoms. The quantitative estimate of drug-likeness (QED) is 0.648. The van der Waals surface area contributed by atoms with E-state index >= 15 is 0 Å². The SMILES string of the molecule is Cc1ccc(CNC(=O)NCC(=O)Nc2cccc(I)c2)cc1. The molecule has 0 saturated carbocycles. The lowest BCUT2D eigenvalue weighted by Gasteiger charge is -2.09. The second-order valence-electron chi connectivity index (χ2n) is 5.08. The minimum absolute atomic E-state index is 0.0782. The third-order valence-corrected chi connectivity index (χ3v) is 3.76. The van der Waals surface area contributed by atoms with Gasteiger partial charge in [0, 0.05) is 15.8 Å². The van der Waals surface area contributed by atoms with E-state index in [0.717, 1.165) is 9.13 Å². The minimum Gasteiger partial charge on any atom is -0.334 e. The highest BCUT2D eigenvalue weighted by Gasteiger charge is 2.06. The smallest absolute Gasteiger partial charge is 0.315 e. The van der Waals surface area contributed by atoms with Crippen LogP contribution in [-0.4, -0.2) is 18.5 Å². The van der Waals surface area contributed by atoms with E-state index in [-0.39, 0.29) is 18.5 Å². The van der Waals surface area contributed by atoms with E-state index in [0.29, 0.717) is 12.2 Å². The van der Waals surface area contributed by atoms with Crippen molar-refractivity contribution in [2.45, 2.75) is 13.5 Å². The van der Waals surface area contributed by atoms with Crippen molar-refractivity contribution in [1.29, 1.82) is 0 Å². The van der Waals surface area contributed by atoms with E-state index in [4.69, 9.17) is 0 Å². The van der Waals surface area contributed by atoms with Crippen LogP contribution in [0.5, 0.6) is 0 Å². The number of urea groups is 1. The highest BCUT2D eigenvalue weighted by Crippen LogP contribution is 2.11. The number of hydrogen-bond acceptors (Lipinski definition) is 2. The molecule has 0 aliphatic carbocycles. The molecule has 0 aliphatic rings. The van der Waals surface area contributed by atoms with Gasteiger partial charge >= 0.3 is 6.03 Å². The standard InChI is InChI=1S/C17H18IN3O2/c1-12-5-7-13(8-6-12)10-19-17(23)20-11-16(22)21-15-4-2-3-14(18)9-15/h2-9H,10-11H2,1H3,(H,21,22)(H2,19,20,23). The Bertz CT molecular complexity index is 686. The van der Waals surface area contributed by atoms with E-state index in [2.05, 4.69) is 38.5 Å². The van der Waals surface area contributed by atoms with Gasteiger partial charge in [-0.05, 0) is 53.3 Å². The maximum Gasteiger partial charge on any atom is 0.315 e. The van der Waals surface area contributed by atoms with E-state index in [1.165, 1.54) is 5.56 Å². The molecule has 0 radical (unpaired) electrons. The molecule has 0 saturated heterocycles. The molecule has 0 heterocycles. The molecule has 2 aromatic rings. The molecule has 0 bridgehead atoms. The number of rotatable bonds is 5. The molecule has 0 aliphatic heterocycles. The van der Waals surface area contributed by atoms with Gasteiger partial charge < -0.3 is 16.0 Å². The van der Waals surface area contributed by atoms with E-state index in [1.54, 1.807) is 6.07 Å². The molecular weight excluding hydrogens is 405 g/mol. The Morgan fingerprint density at radius 1 is 1.04 bits per heavy atom. The molecule has 23 heavy (non-hydrogen) atoms. The number of aryl methyl sites for hydroxylation is 1. The molecule has 0 spiro atoms. The van der Waals surface area contributed by atoms with Gasteiger partial charge in [-0.15, -0.1) is 0 Å². The second-order valence-corrected chi connectivity index (χ2v) is 6.33. The van der Waals surface area contributed by atoms with Crippen LogP contribution in [0.25, 0.3) is 0 Å². The average molecular weight is 423 g/mol. The molecule has 5 nitrogen and oxygen atoms in total. The van der Waals surface area contributed by atoms with E-state index in [9.17, 15) is 9.59 Å². The molecule has 120 valence electrons. The topological polar surface area (TPSA) is 70.2 Å². The fourth-order valence-corrected chi connectivity index (χ4v) is 2.43. The summed E-state index contributed by atoms with van der Waals surface area (Å²) in [7, 11) is 0. The zero-order valence-electron chi connectivity index (χ0n) is 12.7. The van der Waals surface area contributed by atoms with Crippen LogP contribution in [0.2, 0.25) is 0 Å². The lowest BCUT2D eigenvalue weighted by molar-refractivity contribution is -0.115. The molecule has 0 fully saturated rings. The van der Waals surface area contributed by atoms with Crippen molar-refractivity contribution in [3.05, 3.63) is 63.2 Å². The van der Waals surface area contributed by atoms with Crippen LogP contribution in [0.1, 0.15) is 11.1 Å². The van der Waals surface area contributed by atoms with Crippen molar-refractivity contribution in [1.82, 2.24) is 10.6 Å². The van der Waals surface area contributed by atoms with Crippen LogP contribution in [0, 0.1) is 10.5 Å². The summed E-state index contributed by atoms with van der Waals surface area (Å²) >= 11 is 2.17. The molecule has 3 amide bonds. The zero-order chi connectivity index (χ0) is 16.7. The highest BCUT2D eigenvalue weighted by molar-refractivity contribution is 14.1. The van der Waals surface area contributed by atoms with Crippen LogP contribution in [0.3, 0.4) is 0 Å². The van der Waals surface area contributed by atoms with Crippen molar-refractivity contribution in [2.75, 3.05) is 11.9 Å². The first-order valence-corrected chi connectivity index (χ1v) is 8.23. The van der Waals surface area contributed by atoms with Crippen LogP contribution in [0.4, 0.5) is 10.5 Å². The number of hydrogen-bond donors (Lipinski definition) is 3.